The minimum absolute atomic E-state index is 0.00484. The minimum atomic E-state index is -1.27. The van der Waals surface area contributed by atoms with E-state index in [1.807, 2.05) is 13.8 Å². The molecule has 5 atom stereocenters. The van der Waals surface area contributed by atoms with Crippen molar-refractivity contribution in [3.05, 3.63) is 11.6 Å². The van der Waals surface area contributed by atoms with Crippen molar-refractivity contribution < 1.29 is 29.7 Å². The van der Waals surface area contributed by atoms with Gasteiger partial charge in [0.2, 0.25) is 11.8 Å². The topological polar surface area (TPSA) is 148 Å². The summed E-state index contributed by atoms with van der Waals surface area (Å²) >= 11 is 0. The Morgan fingerprint density at radius 1 is 1.07 bits per heavy atom. The van der Waals surface area contributed by atoms with Crippen molar-refractivity contribution in [3.8, 4) is 0 Å². The minimum Gasteiger partial charge on any atom is -0.480 e. The summed E-state index contributed by atoms with van der Waals surface area (Å²) in [4.78, 5) is 36.1. The molecule has 1 aliphatic carbocycles. The largest absolute Gasteiger partial charge is 0.480 e. The smallest absolute Gasteiger partial charge is 0.326 e. The van der Waals surface area contributed by atoms with Crippen molar-refractivity contribution in [2.75, 3.05) is 7.05 Å². The van der Waals surface area contributed by atoms with Crippen LogP contribution in [0.2, 0.25) is 0 Å². The molecule has 0 saturated carbocycles. The Morgan fingerprint density at radius 3 is 2.07 bits per heavy atom. The summed E-state index contributed by atoms with van der Waals surface area (Å²) in [7, 11) is 1.64. The van der Waals surface area contributed by atoms with Gasteiger partial charge >= 0.3 is 5.97 Å². The molecule has 1 rings (SSSR count). The van der Waals surface area contributed by atoms with Gasteiger partial charge in [0, 0.05) is 12.0 Å². The predicted molar refractivity (Wildman–Crippen MR) is 98.7 cm³/mol. The van der Waals surface area contributed by atoms with Crippen LogP contribution in [0.4, 0.5) is 0 Å². The highest BCUT2D eigenvalue weighted by Gasteiger charge is 2.36. The zero-order valence-corrected chi connectivity index (χ0v) is 16.4. The first kappa shape index (κ1) is 23.1. The van der Waals surface area contributed by atoms with E-state index in [-0.39, 0.29) is 29.7 Å². The molecule has 0 aromatic heterocycles. The van der Waals surface area contributed by atoms with Crippen molar-refractivity contribution in [1.29, 1.82) is 0 Å². The fraction of sp³-hybridized carbons (Fsp3) is 0.722. The zero-order valence-electron chi connectivity index (χ0n) is 16.4. The van der Waals surface area contributed by atoms with Gasteiger partial charge in [-0.15, -0.1) is 0 Å². The van der Waals surface area contributed by atoms with Crippen LogP contribution >= 0.6 is 0 Å². The lowest BCUT2D eigenvalue weighted by molar-refractivity contribution is -0.142. The van der Waals surface area contributed by atoms with Crippen molar-refractivity contribution in [1.82, 2.24) is 16.0 Å². The normalized spacial score (nSPS) is 24.9. The average Bonchev–Trinajstić information content (AvgIpc) is 2.55. The number of carbonyl (C=O) groups is 3. The van der Waals surface area contributed by atoms with E-state index in [1.165, 1.54) is 6.08 Å². The van der Waals surface area contributed by atoms with Crippen molar-refractivity contribution in [3.63, 3.8) is 0 Å². The second-order valence-corrected chi connectivity index (χ2v) is 7.53. The first-order chi connectivity index (χ1) is 12.5. The van der Waals surface area contributed by atoms with Gasteiger partial charge in [0.05, 0.1) is 18.2 Å². The van der Waals surface area contributed by atoms with Gasteiger partial charge < -0.3 is 31.3 Å². The lowest BCUT2D eigenvalue weighted by atomic mass is 9.89. The number of carbonyl (C=O) groups excluding carboxylic acids is 2. The molecule has 2 amide bonds. The number of nitrogens with one attached hydrogen (secondary N) is 3. The van der Waals surface area contributed by atoms with Crippen LogP contribution in [-0.2, 0) is 14.4 Å². The highest BCUT2D eigenvalue weighted by Crippen LogP contribution is 2.21. The van der Waals surface area contributed by atoms with Crippen LogP contribution in [0.15, 0.2) is 11.6 Å². The maximum Gasteiger partial charge on any atom is 0.326 e. The van der Waals surface area contributed by atoms with Gasteiger partial charge in [0.1, 0.15) is 12.1 Å². The molecule has 5 unspecified atom stereocenters. The van der Waals surface area contributed by atoms with Gasteiger partial charge in [-0.05, 0) is 18.9 Å². The summed E-state index contributed by atoms with van der Waals surface area (Å²) in [6, 6.07) is -2.54. The van der Waals surface area contributed by atoms with E-state index >= 15 is 0 Å². The Balaban J connectivity index is 2.98. The Morgan fingerprint density at radius 2 is 1.63 bits per heavy atom. The van der Waals surface area contributed by atoms with Gasteiger partial charge in [0.15, 0.2) is 0 Å². The molecular weight excluding hydrogens is 354 g/mol. The number of aliphatic carboxylic acids is 1. The summed E-state index contributed by atoms with van der Waals surface area (Å²) in [5.74, 6) is -2.50. The summed E-state index contributed by atoms with van der Waals surface area (Å²) in [6.07, 6.45) is -1.29. The predicted octanol–water partition coefficient (Wildman–Crippen LogP) is -1.01. The molecule has 27 heavy (non-hydrogen) atoms. The molecule has 0 aromatic carbocycles. The lowest BCUT2D eigenvalue weighted by Gasteiger charge is -2.33. The first-order valence-electron chi connectivity index (χ1n) is 9.07. The summed E-state index contributed by atoms with van der Waals surface area (Å²) in [5, 5.41) is 37.4. The van der Waals surface area contributed by atoms with E-state index < -0.39 is 42.2 Å². The molecule has 0 spiro atoms. The van der Waals surface area contributed by atoms with Crippen LogP contribution in [0.3, 0.4) is 0 Å². The maximum atomic E-state index is 12.4. The van der Waals surface area contributed by atoms with Gasteiger partial charge in [-0.25, -0.2) is 4.79 Å². The third-order valence-electron chi connectivity index (χ3n) is 4.65. The maximum absolute atomic E-state index is 12.4. The molecular formula is C18H31N3O6. The van der Waals surface area contributed by atoms with Crippen LogP contribution in [0.25, 0.3) is 0 Å². The Bertz CT molecular complexity index is 590. The number of aliphatic hydroxyl groups is 2. The number of amides is 2. The Labute approximate surface area is 159 Å². The molecule has 9 heteroatoms. The summed E-state index contributed by atoms with van der Waals surface area (Å²) in [6.45, 7) is 7.05. The SMILES string of the molecule is CNC(C(=O)NC1C=C(C(=O)NC(C(=O)O)C(C)C)CC(O)C1O)C(C)C. The molecule has 0 fully saturated rings. The third kappa shape index (κ3) is 6.02. The van der Waals surface area contributed by atoms with E-state index in [9.17, 15) is 29.7 Å². The van der Waals surface area contributed by atoms with E-state index in [2.05, 4.69) is 16.0 Å². The number of hydrogen-bond donors (Lipinski definition) is 6. The number of carboxylic acid groups (broad SMARTS) is 1. The Hall–Kier alpha value is -1.97. The van der Waals surface area contributed by atoms with Crippen molar-refractivity contribution >= 4 is 17.8 Å². The number of likely N-dealkylation sites (N-methyl/N-ethyl adjacent to an activating group) is 1. The van der Waals surface area contributed by atoms with E-state index in [0.29, 0.717) is 0 Å². The fourth-order valence-electron chi connectivity index (χ4n) is 3.03. The van der Waals surface area contributed by atoms with Gasteiger partial charge in [0.25, 0.3) is 0 Å². The summed E-state index contributed by atoms with van der Waals surface area (Å²) in [5.41, 5.74) is 0.121. The molecule has 9 nitrogen and oxygen atoms in total. The lowest BCUT2D eigenvalue weighted by Crippen LogP contribution is -2.56. The molecule has 154 valence electrons. The molecule has 0 radical (unpaired) electrons. The first-order valence-corrected chi connectivity index (χ1v) is 9.07. The highest BCUT2D eigenvalue weighted by atomic mass is 16.4. The van der Waals surface area contributed by atoms with E-state index in [4.69, 9.17) is 0 Å². The van der Waals surface area contributed by atoms with Crippen molar-refractivity contribution in [2.24, 2.45) is 11.8 Å². The van der Waals surface area contributed by atoms with Gasteiger partial charge in [-0.3, -0.25) is 9.59 Å². The number of rotatable bonds is 8. The molecule has 0 bridgehead atoms. The van der Waals surface area contributed by atoms with Crippen LogP contribution in [-0.4, -0.2) is 70.5 Å². The number of aliphatic hydroxyl groups excluding tert-OH is 2. The summed E-state index contributed by atoms with van der Waals surface area (Å²) < 4.78 is 0. The number of hydrogen-bond acceptors (Lipinski definition) is 6. The van der Waals surface area contributed by atoms with E-state index in [0.717, 1.165) is 0 Å². The van der Waals surface area contributed by atoms with E-state index in [1.54, 1.807) is 20.9 Å². The standard InChI is InChI=1S/C18H31N3O6/c1-8(2)13(19-5)17(25)20-11-6-10(7-12(22)15(11)23)16(24)21-14(9(3)4)18(26)27/h6,8-9,11-15,19,22-23H,7H2,1-5H3,(H,20,25)(H,21,24)(H,26,27). The zero-order chi connectivity index (χ0) is 20.9. The number of carboxylic acids is 1. The highest BCUT2D eigenvalue weighted by molar-refractivity contribution is 5.96. The van der Waals surface area contributed by atoms with Crippen LogP contribution in [0.5, 0.6) is 0 Å². The van der Waals surface area contributed by atoms with Crippen molar-refractivity contribution in [2.45, 2.75) is 64.4 Å². The molecule has 0 aromatic rings. The second kappa shape index (κ2) is 9.82. The average molecular weight is 385 g/mol. The molecule has 1 aliphatic rings. The van der Waals surface area contributed by atoms with Gasteiger partial charge in [-0.2, -0.15) is 0 Å². The van der Waals surface area contributed by atoms with Gasteiger partial charge in [-0.1, -0.05) is 33.8 Å². The molecule has 0 saturated heterocycles. The second-order valence-electron chi connectivity index (χ2n) is 7.53. The Kier molecular flexibility index (Phi) is 8.39. The molecule has 0 aliphatic heterocycles. The molecule has 0 heterocycles. The van der Waals surface area contributed by atoms with Crippen LogP contribution < -0.4 is 16.0 Å². The van der Waals surface area contributed by atoms with Crippen LogP contribution in [0, 0.1) is 11.8 Å². The fourth-order valence-corrected chi connectivity index (χ4v) is 3.03. The van der Waals surface area contributed by atoms with Crippen LogP contribution in [0.1, 0.15) is 34.1 Å². The quantitative estimate of drug-likeness (QED) is 0.314. The monoisotopic (exact) mass is 385 g/mol. The molecule has 6 N–H and O–H groups in total. The third-order valence-corrected chi connectivity index (χ3v) is 4.65.